The summed E-state index contributed by atoms with van der Waals surface area (Å²) in [6.45, 7) is 0. The molecule has 1 aliphatic heterocycles. The van der Waals surface area contributed by atoms with E-state index in [0.717, 1.165) is 56.1 Å². The second kappa shape index (κ2) is 14.0. The molecule has 5 heteroatoms. The van der Waals surface area contributed by atoms with E-state index in [2.05, 4.69) is 192 Å². The van der Waals surface area contributed by atoms with Gasteiger partial charge < -0.3 is 15.0 Å². The minimum absolute atomic E-state index is 0.0934. The molecule has 0 saturated heterocycles. The number of fused-ring (bicyclic) bond motifs is 4. The first-order chi connectivity index (χ1) is 27.2. The second-order valence-electron chi connectivity index (χ2n) is 14.3. The molecule has 263 valence electrons. The van der Waals surface area contributed by atoms with Gasteiger partial charge in [0.2, 0.25) is 0 Å². The fourth-order valence-electron chi connectivity index (χ4n) is 8.37. The van der Waals surface area contributed by atoms with Crippen molar-refractivity contribution in [2.24, 2.45) is 4.99 Å². The van der Waals surface area contributed by atoms with Crippen molar-refractivity contribution in [3.05, 3.63) is 222 Å². The van der Waals surface area contributed by atoms with E-state index >= 15 is 0 Å². The summed E-state index contributed by atoms with van der Waals surface area (Å²) in [6.07, 6.45) is 2.21. The SMILES string of the molecule is OC1CC(c2ccccc2)=Cc2c1c1cc([Si](c3ccccc3)c3ccccc3)ccc1n2-c1ccc(C2=NC(c3ccccc3)c3ccccc3N2)cc1. The number of aliphatic hydroxyl groups is 1. The number of amidine groups is 1. The number of nitrogens with zero attached hydrogens (tertiary/aromatic N) is 2. The molecule has 55 heavy (non-hydrogen) atoms. The standard InChI is InChI=1S/C50H38N3OSi/c54-47-32-37(34-15-5-1-6-16-34)31-46-48(47)43-33-41(55(39-19-9-3-10-20-39)40-21-11-4-12-22-40)29-30-45(43)53(46)38-27-25-36(26-28-38)50-51-44-24-14-13-23-42(44)49(52-50)35-17-7-2-8-18-35/h1-31,33,47,49,54H,32H2,(H,51,52). The summed E-state index contributed by atoms with van der Waals surface area (Å²) in [5, 5.41) is 20.8. The predicted molar refractivity (Wildman–Crippen MR) is 230 cm³/mol. The van der Waals surface area contributed by atoms with E-state index in [9.17, 15) is 5.11 Å². The van der Waals surface area contributed by atoms with Crippen molar-refractivity contribution >= 4 is 58.4 Å². The quantitative estimate of drug-likeness (QED) is 0.127. The number of aliphatic hydroxyl groups excluding tert-OH is 1. The zero-order valence-electron chi connectivity index (χ0n) is 30.2. The minimum Gasteiger partial charge on any atom is -0.388 e. The number of anilines is 1. The number of aromatic nitrogens is 1. The molecule has 2 atom stereocenters. The van der Waals surface area contributed by atoms with Crippen LogP contribution in [0.3, 0.4) is 0 Å². The van der Waals surface area contributed by atoms with Gasteiger partial charge in [0.1, 0.15) is 11.9 Å². The Morgan fingerprint density at radius 3 is 1.91 bits per heavy atom. The molecule has 10 rings (SSSR count). The van der Waals surface area contributed by atoms with E-state index in [-0.39, 0.29) is 6.04 Å². The Hall–Kier alpha value is -6.53. The zero-order valence-corrected chi connectivity index (χ0v) is 31.2. The lowest BCUT2D eigenvalue weighted by Gasteiger charge is -2.26. The third kappa shape index (κ3) is 6.04. The maximum atomic E-state index is 12.1. The first-order valence-electron chi connectivity index (χ1n) is 18.9. The second-order valence-corrected chi connectivity index (χ2v) is 16.8. The van der Waals surface area contributed by atoms with Crippen molar-refractivity contribution in [2.45, 2.75) is 18.6 Å². The maximum absolute atomic E-state index is 12.1. The Labute approximate surface area is 323 Å². The van der Waals surface area contributed by atoms with Crippen molar-refractivity contribution in [1.29, 1.82) is 0 Å². The molecule has 0 amide bonds. The molecule has 7 aromatic carbocycles. The summed E-state index contributed by atoms with van der Waals surface area (Å²) >= 11 is 0. The van der Waals surface area contributed by atoms with Crippen molar-refractivity contribution in [3.8, 4) is 5.69 Å². The highest BCUT2D eigenvalue weighted by atomic mass is 28.3. The average molecular weight is 725 g/mol. The molecule has 4 nitrogen and oxygen atoms in total. The number of rotatable bonds is 7. The number of aliphatic imine (C=N–C) groups is 1. The molecule has 1 aromatic heterocycles. The summed E-state index contributed by atoms with van der Waals surface area (Å²) in [5.41, 5.74) is 10.8. The van der Waals surface area contributed by atoms with Crippen LogP contribution in [0.25, 0.3) is 28.2 Å². The Morgan fingerprint density at radius 1 is 0.600 bits per heavy atom. The topological polar surface area (TPSA) is 49.5 Å². The molecule has 2 unspecified atom stereocenters. The molecule has 0 bridgehead atoms. The van der Waals surface area contributed by atoms with Crippen molar-refractivity contribution in [3.63, 3.8) is 0 Å². The predicted octanol–water partition coefficient (Wildman–Crippen LogP) is 9.09. The van der Waals surface area contributed by atoms with E-state index in [1.165, 1.54) is 26.7 Å². The van der Waals surface area contributed by atoms with Gasteiger partial charge in [-0.25, -0.2) is 0 Å². The van der Waals surface area contributed by atoms with Gasteiger partial charge in [-0.1, -0.05) is 162 Å². The molecule has 2 N–H and O–H groups in total. The summed E-state index contributed by atoms with van der Waals surface area (Å²) < 4.78 is 2.33. The highest BCUT2D eigenvalue weighted by Crippen LogP contribution is 2.43. The Kier molecular flexibility index (Phi) is 8.44. The van der Waals surface area contributed by atoms with E-state index in [4.69, 9.17) is 4.99 Å². The molecule has 1 aliphatic carbocycles. The molecular formula is C50H38N3OSi. The molecule has 2 aliphatic rings. The van der Waals surface area contributed by atoms with Gasteiger partial charge in [-0.3, -0.25) is 4.99 Å². The Morgan fingerprint density at radius 2 is 1.22 bits per heavy atom. The van der Waals surface area contributed by atoms with Crippen molar-refractivity contribution < 1.29 is 5.11 Å². The van der Waals surface area contributed by atoms with Gasteiger partial charge in [0.25, 0.3) is 0 Å². The van der Waals surface area contributed by atoms with E-state index in [1.54, 1.807) is 0 Å². The normalized spacial score (nSPS) is 16.2. The van der Waals surface area contributed by atoms with Crippen LogP contribution in [0.1, 0.15) is 52.1 Å². The van der Waals surface area contributed by atoms with Gasteiger partial charge in [0.15, 0.2) is 8.80 Å². The van der Waals surface area contributed by atoms with E-state index < -0.39 is 14.9 Å². The minimum atomic E-state index is -1.31. The van der Waals surface area contributed by atoms with Crippen LogP contribution >= 0.6 is 0 Å². The fraction of sp³-hybridized carbons (Fsp3) is 0.0600. The van der Waals surface area contributed by atoms with Crippen LogP contribution in [0.5, 0.6) is 0 Å². The van der Waals surface area contributed by atoms with E-state index in [0.29, 0.717) is 6.42 Å². The van der Waals surface area contributed by atoms with Gasteiger partial charge in [0.05, 0.1) is 17.3 Å². The van der Waals surface area contributed by atoms with Crippen LogP contribution < -0.4 is 20.9 Å². The number of para-hydroxylation sites is 1. The lowest BCUT2D eigenvalue weighted by molar-refractivity contribution is 0.184. The fourth-order valence-corrected chi connectivity index (χ4v) is 11.0. The third-order valence-electron chi connectivity index (χ3n) is 10.9. The largest absolute Gasteiger partial charge is 0.388 e. The monoisotopic (exact) mass is 724 g/mol. The van der Waals surface area contributed by atoms with Crippen LogP contribution in [-0.2, 0) is 0 Å². The van der Waals surface area contributed by atoms with Crippen LogP contribution in [0.2, 0.25) is 0 Å². The van der Waals surface area contributed by atoms with Gasteiger partial charge >= 0.3 is 0 Å². The lowest BCUT2D eigenvalue weighted by Crippen LogP contribution is -2.51. The van der Waals surface area contributed by atoms with Crippen molar-refractivity contribution in [1.82, 2.24) is 4.57 Å². The van der Waals surface area contributed by atoms with Crippen LogP contribution in [0.15, 0.2) is 193 Å². The van der Waals surface area contributed by atoms with Gasteiger partial charge in [-0.2, -0.15) is 0 Å². The number of hydrogen-bond donors (Lipinski definition) is 2. The highest BCUT2D eigenvalue weighted by molar-refractivity contribution is 6.95. The summed E-state index contributed by atoms with van der Waals surface area (Å²) in [4.78, 5) is 5.26. The van der Waals surface area contributed by atoms with Gasteiger partial charge in [-0.05, 0) is 64.4 Å². The molecule has 0 fully saturated rings. The molecule has 0 spiro atoms. The molecule has 2 heterocycles. The van der Waals surface area contributed by atoms with Crippen LogP contribution in [0, 0.1) is 0 Å². The number of hydrogen-bond acceptors (Lipinski definition) is 3. The van der Waals surface area contributed by atoms with Crippen LogP contribution in [-0.4, -0.2) is 24.3 Å². The van der Waals surface area contributed by atoms with Gasteiger partial charge in [-0.15, -0.1) is 0 Å². The van der Waals surface area contributed by atoms with E-state index in [1.807, 2.05) is 12.1 Å². The maximum Gasteiger partial charge on any atom is 0.154 e. The zero-order chi connectivity index (χ0) is 36.7. The highest BCUT2D eigenvalue weighted by Gasteiger charge is 2.30. The van der Waals surface area contributed by atoms with Gasteiger partial charge in [0, 0.05) is 39.9 Å². The van der Waals surface area contributed by atoms with Crippen molar-refractivity contribution in [2.75, 3.05) is 5.32 Å². The summed E-state index contributed by atoms with van der Waals surface area (Å²) in [5.74, 6) is 0.848. The Bertz CT molecular complexity index is 2670. The third-order valence-corrected chi connectivity index (χ3v) is 13.7. The average Bonchev–Trinajstić information content (AvgIpc) is 3.59. The summed E-state index contributed by atoms with van der Waals surface area (Å²) in [7, 11) is -1.31. The summed E-state index contributed by atoms with van der Waals surface area (Å²) in [6, 6.07) is 66.7. The van der Waals surface area contributed by atoms with Crippen LogP contribution in [0.4, 0.5) is 5.69 Å². The lowest BCUT2D eigenvalue weighted by atomic mass is 9.89. The Balaban J connectivity index is 1.12. The number of nitrogens with one attached hydrogen (secondary N) is 1. The molecule has 0 saturated carbocycles. The first-order valence-corrected chi connectivity index (χ1v) is 20.4. The smallest absolute Gasteiger partial charge is 0.154 e. The molecule has 8 aromatic rings. The molecule has 1 radical (unpaired) electrons. The molecular weight excluding hydrogens is 687 g/mol. The first kappa shape index (κ1) is 33.1. The number of benzene rings is 7.